The Morgan fingerprint density at radius 1 is 1.00 bits per heavy atom. The Morgan fingerprint density at radius 3 is 2.39 bits per heavy atom. The van der Waals surface area contributed by atoms with Crippen molar-refractivity contribution in [2.75, 3.05) is 13.1 Å². The fraction of sp³-hybridized carbons (Fsp3) is 0.429. The summed E-state index contributed by atoms with van der Waals surface area (Å²) in [6.07, 6.45) is 0.840. The Labute approximate surface area is 105 Å². The largest absolute Gasteiger partial charge is 0.416 e. The van der Waals surface area contributed by atoms with E-state index >= 15 is 0 Å². The van der Waals surface area contributed by atoms with Crippen LogP contribution in [0, 0.1) is 0 Å². The van der Waals surface area contributed by atoms with E-state index in [9.17, 15) is 13.2 Å². The lowest BCUT2D eigenvalue weighted by molar-refractivity contribution is -0.137. The van der Waals surface area contributed by atoms with Crippen molar-refractivity contribution in [1.29, 1.82) is 0 Å². The van der Waals surface area contributed by atoms with Gasteiger partial charge in [-0.15, -0.1) is 0 Å². The molecule has 0 radical (unpaired) electrons. The van der Waals surface area contributed by atoms with E-state index in [1.165, 1.54) is 17.7 Å². The van der Waals surface area contributed by atoms with E-state index in [0.717, 1.165) is 50.0 Å². The molecule has 2 rings (SSSR count). The average Bonchev–Trinajstić information content (AvgIpc) is 2.57. The molecule has 0 amide bonds. The molecule has 0 aliphatic carbocycles. The van der Waals surface area contributed by atoms with Crippen LogP contribution in [-0.4, -0.2) is 13.1 Å². The van der Waals surface area contributed by atoms with Gasteiger partial charge in [-0.1, -0.05) is 23.8 Å². The lowest BCUT2D eigenvalue weighted by atomic mass is 10.0. The zero-order valence-electron chi connectivity index (χ0n) is 10.1. The molecule has 0 aromatic heterocycles. The van der Waals surface area contributed by atoms with E-state index in [4.69, 9.17) is 0 Å². The van der Waals surface area contributed by atoms with E-state index in [2.05, 4.69) is 5.32 Å². The Hall–Kier alpha value is -1.29. The number of halogens is 3. The highest BCUT2D eigenvalue weighted by molar-refractivity contribution is 5.53. The molecule has 1 aromatic carbocycles. The zero-order valence-corrected chi connectivity index (χ0v) is 10.1. The van der Waals surface area contributed by atoms with Gasteiger partial charge in [-0.25, -0.2) is 0 Å². The minimum Gasteiger partial charge on any atom is -0.316 e. The molecule has 0 spiro atoms. The molecule has 1 saturated heterocycles. The second kappa shape index (κ2) is 5.57. The molecule has 1 aliphatic heterocycles. The summed E-state index contributed by atoms with van der Waals surface area (Å²) in [6, 6.07) is 5.35. The zero-order chi connectivity index (χ0) is 13.0. The number of benzene rings is 1. The summed E-state index contributed by atoms with van der Waals surface area (Å²) in [5, 5.41) is 3.30. The van der Waals surface area contributed by atoms with Gasteiger partial charge in [0.2, 0.25) is 0 Å². The van der Waals surface area contributed by atoms with Crippen molar-refractivity contribution in [2.45, 2.75) is 25.4 Å². The third-order valence-electron chi connectivity index (χ3n) is 3.08. The molecule has 1 fully saturated rings. The van der Waals surface area contributed by atoms with Gasteiger partial charge in [-0.05, 0) is 50.0 Å². The lowest BCUT2D eigenvalue weighted by Gasteiger charge is -2.07. The molecule has 98 valence electrons. The van der Waals surface area contributed by atoms with Gasteiger partial charge in [0.1, 0.15) is 0 Å². The van der Waals surface area contributed by atoms with Crippen molar-refractivity contribution in [3.8, 4) is 0 Å². The summed E-state index contributed by atoms with van der Waals surface area (Å²) in [5.41, 5.74) is 1.56. The minimum absolute atomic E-state index is 0.591. The average molecular weight is 255 g/mol. The fourth-order valence-electron chi connectivity index (χ4n) is 2.09. The first-order chi connectivity index (χ1) is 8.55. The number of rotatable bonds is 1. The summed E-state index contributed by atoms with van der Waals surface area (Å²) in [4.78, 5) is 0. The first-order valence-corrected chi connectivity index (χ1v) is 6.13. The highest BCUT2D eigenvalue weighted by atomic mass is 19.4. The maximum Gasteiger partial charge on any atom is 0.416 e. The minimum atomic E-state index is -4.25. The number of hydrogen-bond donors (Lipinski definition) is 1. The molecule has 0 bridgehead atoms. The van der Waals surface area contributed by atoms with Crippen molar-refractivity contribution in [3.63, 3.8) is 0 Å². The summed E-state index contributed by atoms with van der Waals surface area (Å²) in [6.45, 7) is 1.97. The first-order valence-electron chi connectivity index (χ1n) is 6.13. The highest BCUT2D eigenvalue weighted by Crippen LogP contribution is 2.29. The van der Waals surface area contributed by atoms with Gasteiger partial charge >= 0.3 is 6.18 Å². The number of alkyl halides is 3. The molecule has 1 heterocycles. The Morgan fingerprint density at radius 2 is 1.72 bits per heavy atom. The topological polar surface area (TPSA) is 12.0 Å². The molecular formula is C14H16F3N. The van der Waals surface area contributed by atoms with Gasteiger partial charge in [0.05, 0.1) is 5.56 Å². The van der Waals surface area contributed by atoms with Gasteiger partial charge in [0.15, 0.2) is 0 Å². The smallest absolute Gasteiger partial charge is 0.316 e. The van der Waals surface area contributed by atoms with E-state index < -0.39 is 11.7 Å². The van der Waals surface area contributed by atoms with Crippen LogP contribution in [0.25, 0.3) is 6.08 Å². The first kappa shape index (κ1) is 13.1. The van der Waals surface area contributed by atoms with E-state index in [0.29, 0.717) is 0 Å². The second-order valence-corrected chi connectivity index (χ2v) is 4.53. The molecule has 0 unspecified atom stereocenters. The van der Waals surface area contributed by atoms with Gasteiger partial charge in [-0.2, -0.15) is 13.2 Å². The molecular weight excluding hydrogens is 239 g/mol. The maximum absolute atomic E-state index is 12.4. The predicted octanol–water partition coefficient (Wildman–Crippen LogP) is 3.86. The summed E-state index contributed by atoms with van der Waals surface area (Å²) in [7, 11) is 0. The van der Waals surface area contributed by atoms with Crippen LogP contribution < -0.4 is 5.32 Å². The third kappa shape index (κ3) is 3.60. The normalized spacial score (nSPS) is 19.8. The molecule has 1 aromatic rings. The quantitative estimate of drug-likeness (QED) is 0.803. The van der Waals surface area contributed by atoms with Crippen LogP contribution in [0.4, 0.5) is 13.2 Å². The van der Waals surface area contributed by atoms with Crippen molar-refractivity contribution < 1.29 is 13.2 Å². The predicted molar refractivity (Wildman–Crippen MR) is 66.1 cm³/mol. The lowest BCUT2D eigenvalue weighted by Crippen LogP contribution is -2.13. The van der Waals surface area contributed by atoms with Crippen LogP contribution in [0.2, 0.25) is 0 Å². The van der Waals surface area contributed by atoms with E-state index in [-0.39, 0.29) is 0 Å². The van der Waals surface area contributed by atoms with Crippen molar-refractivity contribution in [1.82, 2.24) is 5.32 Å². The molecule has 4 heteroatoms. The second-order valence-electron chi connectivity index (χ2n) is 4.53. The van der Waals surface area contributed by atoms with Crippen molar-refractivity contribution in [2.24, 2.45) is 0 Å². The monoisotopic (exact) mass is 255 g/mol. The van der Waals surface area contributed by atoms with Crippen LogP contribution in [0.1, 0.15) is 30.4 Å². The molecule has 1 nitrogen and oxygen atoms in total. The molecule has 1 aliphatic rings. The molecule has 0 atom stereocenters. The van der Waals surface area contributed by atoms with Gasteiger partial charge in [-0.3, -0.25) is 0 Å². The van der Waals surface area contributed by atoms with Crippen LogP contribution in [0.3, 0.4) is 0 Å². The fourth-order valence-corrected chi connectivity index (χ4v) is 2.09. The van der Waals surface area contributed by atoms with Crippen molar-refractivity contribution in [3.05, 3.63) is 41.0 Å². The molecule has 0 saturated carbocycles. The standard InChI is InChI=1S/C14H16F3N/c15-14(16,17)13-5-3-12(4-6-13)10-11-2-1-8-18-9-7-11/h3-6,10,18H,1-2,7-9H2/b11-10-. The van der Waals surface area contributed by atoms with Crippen molar-refractivity contribution >= 4 is 6.08 Å². The van der Waals surface area contributed by atoms with Crippen LogP contribution in [0.15, 0.2) is 29.8 Å². The maximum atomic E-state index is 12.4. The van der Waals surface area contributed by atoms with Crippen LogP contribution in [0.5, 0.6) is 0 Å². The summed E-state index contributed by atoms with van der Waals surface area (Å²) in [5.74, 6) is 0. The van der Waals surface area contributed by atoms with Crippen LogP contribution >= 0.6 is 0 Å². The Bertz CT molecular complexity index is 408. The van der Waals surface area contributed by atoms with E-state index in [1.54, 1.807) is 0 Å². The molecule has 1 N–H and O–H groups in total. The number of hydrogen-bond acceptors (Lipinski definition) is 1. The highest BCUT2D eigenvalue weighted by Gasteiger charge is 2.29. The number of nitrogens with one attached hydrogen (secondary N) is 1. The van der Waals surface area contributed by atoms with Crippen LogP contribution in [-0.2, 0) is 6.18 Å². The summed E-state index contributed by atoms with van der Waals surface area (Å²) < 4.78 is 37.2. The third-order valence-corrected chi connectivity index (χ3v) is 3.08. The van der Waals surface area contributed by atoms with E-state index in [1.807, 2.05) is 6.08 Å². The van der Waals surface area contributed by atoms with Gasteiger partial charge in [0, 0.05) is 0 Å². The van der Waals surface area contributed by atoms with Gasteiger partial charge < -0.3 is 5.32 Å². The molecule has 18 heavy (non-hydrogen) atoms. The Kier molecular flexibility index (Phi) is 4.07. The Balaban J connectivity index is 2.12. The SMILES string of the molecule is FC(F)(F)c1ccc(/C=C2/CCCNCC2)cc1. The summed E-state index contributed by atoms with van der Waals surface area (Å²) >= 11 is 0. The van der Waals surface area contributed by atoms with Gasteiger partial charge in [0.25, 0.3) is 0 Å².